The lowest BCUT2D eigenvalue weighted by Crippen LogP contribution is -2.29. The van der Waals surface area contributed by atoms with E-state index < -0.39 is 0 Å². The molecule has 10 aromatic rings. The highest BCUT2D eigenvalue weighted by atomic mass is 32.1. The van der Waals surface area contributed by atoms with Crippen molar-refractivity contribution >= 4 is 103 Å². The topological polar surface area (TPSA) is 29.3 Å². The average Bonchev–Trinajstić information content (AvgIpc) is 3.68. The largest absolute Gasteiger partial charge is 0.357 e. The molecule has 1 unspecified atom stereocenters. The molecular formula is C44H27N3S. The van der Waals surface area contributed by atoms with E-state index in [1.165, 1.54) is 75.0 Å². The maximum Gasteiger partial charge on any atom is 0.148 e. The first-order valence-electron chi connectivity index (χ1n) is 16.4. The number of anilines is 1. The molecular weight excluding hydrogens is 603 g/mol. The minimum Gasteiger partial charge on any atom is -0.357 e. The summed E-state index contributed by atoms with van der Waals surface area (Å²) >= 11 is 1.76. The van der Waals surface area contributed by atoms with Crippen molar-refractivity contribution in [1.82, 2.24) is 4.57 Å². The summed E-state index contributed by atoms with van der Waals surface area (Å²) in [6.45, 7) is 0. The Balaban J connectivity index is 1.23. The van der Waals surface area contributed by atoms with Crippen molar-refractivity contribution in [2.75, 3.05) is 5.32 Å². The van der Waals surface area contributed by atoms with Crippen LogP contribution >= 0.6 is 11.3 Å². The molecule has 1 N–H and O–H groups in total. The summed E-state index contributed by atoms with van der Waals surface area (Å²) in [5.74, 6) is 0. The van der Waals surface area contributed by atoms with Gasteiger partial charge in [-0.25, -0.2) is 4.99 Å². The lowest BCUT2D eigenvalue weighted by atomic mass is 9.92. The van der Waals surface area contributed by atoms with Crippen LogP contribution in [0.15, 0.2) is 157 Å². The monoisotopic (exact) mass is 629 g/mol. The Hall–Kier alpha value is -5.97. The first kappa shape index (κ1) is 26.1. The van der Waals surface area contributed by atoms with E-state index in [2.05, 4.69) is 162 Å². The molecule has 3 heterocycles. The van der Waals surface area contributed by atoms with E-state index in [1.54, 1.807) is 11.3 Å². The van der Waals surface area contributed by atoms with Crippen LogP contribution in [0.1, 0.15) is 11.7 Å². The van der Waals surface area contributed by atoms with E-state index in [0.29, 0.717) is 0 Å². The molecule has 0 saturated carbocycles. The minimum atomic E-state index is -0.233. The molecule has 8 aromatic carbocycles. The van der Waals surface area contributed by atoms with Gasteiger partial charge in [0, 0.05) is 26.4 Å². The van der Waals surface area contributed by atoms with Crippen molar-refractivity contribution in [3.05, 3.63) is 157 Å². The molecule has 1 aliphatic rings. The van der Waals surface area contributed by atoms with E-state index in [9.17, 15) is 0 Å². The third-order valence-electron chi connectivity index (χ3n) is 10.2. The predicted molar refractivity (Wildman–Crippen MR) is 207 cm³/mol. The standard InChI is InChI=1S/C44H27N3S/c1-2-12-27-25-39-37(23-26(27)11-1)34-17-7-9-19-38(34)47(39)43-41(46-44-42(45-43)35-18-8-10-20-40(35)48-44)28-21-22-33-31-15-4-3-13-29(31)30-14-5-6-16-32(30)36(33)24-28/h1-25,43,45H. The molecule has 1 aliphatic heterocycles. The fourth-order valence-electron chi connectivity index (χ4n) is 8.07. The maximum atomic E-state index is 5.57. The molecule has 3 nitrogen and oxygen atoms in total. The van der Waals surface area contributed by atoms with Gasteiger partial charge in [0.15, 0.2) is 0 Å². The Morgan fingerprint density at radius 1 is 0.479 bits per heavy atom. The Morgan fingerprint density at radius 3 is 1.81 bits per heavy atom. The number of nitrogens with one attached hydrogen (secondary N) is 1. The lowest BCUT2D eigenvalue weighted by Gasteiger charge is -2.29. The van der Waals surface area contributed by atoms with Crippen LogP contribution < -0.4 is 5.32 Å². The normalized spacial score (nSPS) is 14.8. The van der Waals surface area contributed by atoms with Gasteiger partial charge in [-0.3, -0.25) is 0 Å². The van der Waals surface area contributed by atoms with Crippen molar-refractivity contribution in [1.29, 1.82) is 0 Å². The lowest BCUT2D eigenvalue weighted by molar-refractivity contribution is 0.761. The number of fused-ring (bicyclic) bond motifs is 13. The molecule has 0 spiro atoms. The highest BCUT2D eigenvalue weighted by molar-refractivity contribution is 7.23. The maximum absolute atomic E-state index is 5.57. The Bertz CT molecular complexity index is 2960. The third-order valence-corrected chi connectivity index (χ3v) is 11.3. The van der Waals surface area contributed by atoms with Crippen LogP contribution in [-0.4, -0.2) is 10.3 Å². The molecule has 0 saturated heterocycles. The molecule has 4 heteroatoms. The van der Waals surface area contributed by atoms with Gasteiger partial charge in [-0.15, -0.1) is 11.3 Å². The molecule has 0 bridgehead atoms. The summed E-state index contributed by atoms with van der Waals surface area (Å²) in [5, 5.41) is 18.9. The van der Waals surface area contributed by atoms with Crippen LogP contribution in [0.5, 0.6) is 0 Å². The molecule has 224 valence electrons. The highest BCUT2D eigenvalue weighted by Gasteiger charge is 2.31. The van der Waals surface area contributed by atoms with Crippen molar-refractivity contribution in [3.63, 3.8) is 0 Å². The number of nitrogens with zero attached hydrogens (tertiary/aromatic N) is 2. The van der Waals surface area contributed by atoms with Crippen molar-refractivity contribution in [2.45, 2.75) is 6.17 Å². The SMILES string of the molecule is c1ccc2cc3c(cc2c1)c1ccccc1n3C1Nc2c(sc3ccccc23)N=C1c1ccc2c3ccccc3c3ccccc3c2c1. The molecule has 0 radical (unpaired) electrons. The molecule has 0 fully saturated rings. The predicted octanol–water partition coefficient (Wildman–Crippen LogP) is 12.4. The third kappa shape index (κ3) is 3.61. The smallest absolute Gasteiger partial charge is 0.148 e. The number of rotatable bonds is 2. The summed E-state index contributed by atoms with van der Waals surface area (Å²) in [5.41, 5.74) is 5.63. The summed E-state index contributed by atoms with van der Waals surface area (Å²) in [6.07, 6.45) is -0.233. The van der Waals surface area contributed by atoms with Crippen LogP contribution in [0.25, 0.3) is 75.0 Å². The molecule has 0 amide bonds. The molecule has 1 atom stereocenters. The number of aliphatic imine (C=N–C) groups is 1. The zero-order valence-corrected chi connectivity index (χ0v) is 26.6. The van der Waals surface area contributed by atoms with Gasteiger partial charge in [0.1, 0.15) is 11.2 Å². The van der Waals surface area contributed by atoms with Crippen molar-refractivity contribution in [2.24, 2.45) is 4.99 Å². The number of para-hydroxylation sites is 1. The van der Waals surface area contributed by atoms with Gasteiger partial charge >= 0.3 is 0 Å². The molecule has 11 rings (SSSR count). The van der Waals surface area contributed by atoms with Crippen LogP contribution in [0.2, 0.25) is 0 Å². The average molecular weight is 630 g/mol. The van der Waals surface area contributed by atoms with Crippen LogP contribution in [-0.2, 0) is 0 Å². The van der Waals surface area contributed by atoms with Crippen LogP contribution in [0.4, 0.5) is 10.7 Å². The van der Waals surface area contributed by atoms with Crippen molar-refractivity contribution < 1.29 is 0 Å². The summed E-state index contributed by atoms with van der Waals surface area (Å²) in [4.78, 5) is 5.57. The van der Waals surface area contributed by atoms with Gasteiger partial charge in [-0.2, -0.15) is 0 Å². The van der Waals surface area contributed by atoms with E-state index >= 15 is 0 Å². The molecule has 48 heavy (non-hydrogen) atoms. The van der Waals surface area contributed by atoms with E-state index in [-0.39, 0.29) is 6.17 Å². The quantitative estimate of drug-likeness (QED) is 0.189. The Labute approximate surface area is 280 Å². The van der Waals surface area contributed by atoms with E-state index in [0.717, 1.165) is 22.0 Å². The zero-order valence-electron chi connectivity index (χ0n) is 25.8. The Morgan fingerprint density at radius 2 is 1.06 bits per heavy atom. The second-order valence-electron chi connectivity index (χ2n) is 12.8. The molecule has 2 aromatic heterocycles. The zero-order chi connectivity index (χ0) is 31.3. The fourth-order valence-corrected chi connectivity index (χ4v) is 9.12. The number of benzene rings is 8. The second-order valence-corrected chi connectivity index (χ2v) is 13.8. The van der Waals surface area contributed by atoms with E-state index in [1.807, 2.05) is 0 Å². The van der Waals surface area contributed by atoms with Crippen LogP contribution in [0, 0.1) is 0 Å². The van der Waals surface area contributed by atoms with Gasteiger partial charge in [-0.1, -0.05) is 121 Å². The number of thiophene rings is 1. The first-order chi connectivity index (χ1) is 23.8. The van der Waals surface area contributed by atoms with Crippen molar-refractivity contribution in [3.8, 4) is 0 Å². The van der Waals surface area contributed by atoms with Gasteiger partial charge in [-0.05, 0) is 73.4 Å². The number of hydrogen-bond acceptors (Lipinski definition) is 3. The fraction of sp³-hybridized carbons (Fsp3) is 0.0227. The summed E-state index contributed by atoms with van der Waals surface area (Å²) in [7, 11) is 0. The first-order valence-corrected chi connectivity index (χ1v) is 17.2. The Kier molecular flexibility index (Phi) is 5.32. The second kappa shape index (κ2) is 9.77. The van der Waals surface area contributed by atoms with Crippen LogP contribution in [0.3, 0.4) is 0 Å². The summed E-state index contributed by atoms with van der Waals surface area (Å²) < 4.78 is 3.72. The molecule has 0 aliphatic carbocycles. The highest BCUT2D eigenvalue weighted by Crippen LogP contribution is 2.48. The van der Waals surface area contributed by atoms with Gasteiger partial charge < -0.3 is 9.88 Å². The van der Waals surface area contributed by atoms with Gasteiger partial charge in [0.05, 0.1) is 22.4 Å². The number of aromatic nitrogens is 1. The number of hydrogen-bond donors (Lipinski definition) is 1. The van der Waals surface area contributed by atoms with Gasteiger partial charge in [0.2, 0.25) is 0 Å². The minimum absolute atomic E-state index is 0.233. The summed E-state index contributed by atoms with van der Waals surface area (Å²) in [6, 6.07) is 55.3. The van der Waals surface area contributed by atoms with Gasteiger partial charge in [0.25, 0.3) is 0 Å². The van der Waals surface area contributed by atoms with E-state index in [4.69, 9.17) is 4.99 Å².